The van der Waals surface area contributed by atoms with E-state index in [2.05, 4.69) is 15.5 Å². The SMILES string of the molecule is C[C@@H](Nc1ccc2c(c1)OCO2)c1nnc(-c2ccccc2)o1. The van der Waals surface area contributed by atoms with Crippen molar-refractivity contribution in [3.05, 3.63) is 54.4 Å². The minimum Gasteiger partial charge on any atom is -0.454 e. The van der Waals surface area contributed by atoms with Gasteiger partial charge in [0.15, 0.2) is 11.5 Å². The van der Waals surface area contributed by atoms with Crippen molar-refractivity contribution in [1.82, 2.24) is 10.2 Å². The third-order valence-corrected chi connectivity index (χ3v) is 3.59. The average Bonchev–Trinajstić information content (AvgIpc) is 3.24. The van der Waals surface area contributed by atoms with Gasteiger partial charge in [-0.1, -0.05) is 18.2 Å². The molecule has 23 heavy (non-hydrogen) atoms. The molecule has 6 nitrogen and oxygen atoms in total. The van der Waals surface area contributed by atoms with Crippen molar-refractivity contribution in [3.8, 4) is 23.0 Å². The van der Waals surface area contributed by atoms with Gasteiger partial charge >= 0.3 is 0 Å². The summed E-state index contributed by atoms with van der Waals surface area (Å²) in [5, 5.41) is 11.6. The molecule has 1 atom stereocenters. The summed E-state index contributed by atoms with van der Waals surface area (Å²) < 4.78 is 16.4. The van der Waals surface area contributed by atoms with E-state index >= 15 is 0 Å². The van der Waals surface area contributed by atoms with Gasteiger partial charge in [0.1, 0.15) is 6.04 Å². The molecular formula is C17H15N3O3. The Balaban J connectivity index is 1.51. The Labute approximate surface area is 133 Å². The third-order valence-electron chi connectivity index (χ3n) is 3.59. The summed E-state index contributed by atoms with van der Waals surface area (Å²) in [6.45, 7) is 2.23. The van der Waals surface area contributed by atoms with E-state index in [1.54, 1.807) is 0 Å². The highest BCUT2D eigenvalue weighted by Gasteiger charge is 2.17. The van der Waals surface area contributed by atoms with Crippen LogP contribution in [0.25, 0.3) is 11.5 Å². The van der Waals surface area contributed by atoms with Crippen molar-refractivity contribution < 1.29 is 13.9 Å². The zero-order chi connectivity index (χ0) is 15.6. The van der Waals surface area contributed by atoms with Gasteiger partial charge in [-0.15, -0.1) is 10.2 Å². The molecule has 0 spiro atoms. The highest BCUT2D eigenvalue weighted by molar-refractivity contribution is 5.56. The molecule has 2 aromatic carbocycles. The molecule has 1 N–H and O–H groups in total. The van der Waals surface area contributed by atoms with Crippen molar-refractivity contribution in [2.75, 3.05) is 12.1 Å². The first-order valence-corrected chi connectivity index (χ1v) is 7.34. The second-order valence-electron chi connectivity index (χ2n) is 5.25. The zero-order valence-electron chi connectivity index (χ0n) is 12.5. The van der Waals surface area contributed by atoms with Gasteiger partial charge in [-0.05, 0) is 31.2 Å². The van der Waals surface area contributed by atoms with Crippen LogP contribution in [0.2, 0.25) is 0 Å². The Morgan fingerprint density at radius 3 is 2.70 bits per heavy atom. The van der Waals surface area contributed by atoms with Crippen molar-refractivity contribution in [1.29, 1.82) is 0 Å². The van der Waals surface area contributed by atoms with Crippen LogP contribution in [0, 0.1) is 0 Å². The lowest BCUT2D eigenvalue weighted by molar-refractivity contribution is 0.174. The molecule has 3 aromatic rings. The van der Waals surface area contributed by atoms with Gasteiger partial charge in [0.05, 0.1) is 0 Å². The summed E-state index contributed by atoms with van der Waals surface area (Å²) in [5.74, 6) is 2.53. The van der Waals surface area contributed by atoms with Gasteiger partial charge in [0, 0.05) is 17.3 Å². The number of anilines is 1. The smallest absolute Gasteiger partial charge is 0.247 e. The second-order valence-corrected chi connectivity index (χ2v) is 5.25. The second kappa shape index (κ2) is 5.64. The van der Waals surface area contributed by atoms with E-state index in [0.717, 1.165) is 22.7 Å². The summed E-state index contributed by atoms with van der Waals surface area (Å²) in [6, 6.07) is 15.3. The molecule has 0 fully saturated rings. The number of hydrogen-bond acceptors (Lipinski definition) is 6. The first-order chi connectivity index (χ1) is 11.3. The van der Waals surface area contributed by atoms with Crippen LogP contribution in [0.15, 0.2) is 52.9 Å². The van der Waals surface area contributed by atoms with Gasteiger partial charge in [0.2, 0.25) is 18.6 Å². The summed E-state index contributed by atoms with van der Waals surface area (Å²) in [7, 11) is 0. The Hall–Kier alpha value is -3.02. The number of fused-ring (bicyclic) bond motifs is 1. The largest absolute Gasteiger partial charge is 0.454 e. The molecule has 0 saturated carbocycles. The predicted molar refractivity (Wildman–Crippen MR) is 84.3 cm³/mol. The summed E-state index contributed by atoms with van der Waals surface area (Å²) >= 11 is 0. The Kier molecular flexibility index (Phi) is 3.34. The van der Waals surface area contributed by atoms with Crippen LogP contribution in [0.3, 0.4) is 0 Å². The zero-order valence-corrected chi connectivity index (χ0v) is 12.5. The molecule has 0 amide bonds. The van der Waals surface area contributed by atoms with Gasteiger partial charge in [-0.3, -0.25) is 0 Å². The number of hydrogen-bond donors (Lipinski definition) is 1. The number of nitrogens with one attached hydrogen (secondary N) is 1. The molecule has 0 bridgehead atoms. The lowest BCUT2D eigenvalue weighted by Crippen LogP contribution is -2.06. The van der Waals surface area contributed by atoms with E-state index in [1.807, 2.05) is 55.5 Å². The van der Waals surface area contributed by atoms with Crippen LogP contribution in [-0.4, -0.2) is 17.0 Å². The summed E-state index contributed by atoms with van der Waals surface area (Å²) in [5.41, 5.74) is 1.81. The van der Waals surface area contributed by atoms with Crippen LogP contribution in [-0.2, 0) is 0 Å². The fraction of sp³-hybridized carbons (Fsp3) is 0.176. The molecule has 116 valence electrons. The van der Waals surface area contributed by atoms with E-state index in [4.69, 9.17) is 13.9 Å². The number of ether oxygens (including phenoxy) is 2. The monoisotopic (exact) mass is 309 g/mol. The van der Waals surface area contributed by atoms with Gasteiger partial charge in [0.25, 0.3) is 0 Å². The predicted octanol–water partition coefficient (Wildman–Crippen LogP) is 3.64. The minimum atomic E-state index is -0.125. The Morgan fingerprint density at radius 1 is 1.00 bits per heavy atom. The van der Waals surface area contributed by atoms with Crippen LogP contribution >= 0.6 is 0 Å². The van der Waals surface area contributed by atoms with Gasteiger partial charge in [-0.2, -0.15) is 0 Å². The Bertz CT molecular complexity index is 817. The fourth-order valence-corrected chi connectivity index (χ4v) is 2.41. The van der Waals surface area contributed by atoms with E-state index in [9.17, 15) is 0 Å². The standard InChI is InChI=1S/C17H15N3O3/c1-11(18-13-7-8-14-15(9-13)22-10-21-14)16-19-20-17(23-16)12-5-3-2-4-6-12/h2-9,11,18H,10H2,1H3/t11-/m1/s1. The van der Waals surface area contributed by atoms with E-state index in [0.29, 0.717) is 11.8 Å². The van der Waals surface area contributed by atoms with Gasteiger partial charge < -0.3 is 19.2 Å². The molecule has 2 heterocycles. The summed E-state index contributed by atoms with van der Waals surface area (Å²) in [4.78, 5) is 0. The van der Waals surface area contributed by atoms with Crippen molar-refractivity contribution in [2.24, 2.45) is 0 Å². The number of aromatic nitrogens is 2. The highest BCUT2D eigenvalue weighted by atomic mass is 16.7. The van der Waals surface area contributed by atoms with E-state index in [1.165, 1.54) is 0 Å². The molecule has 0 aliphatic carbocycles. The molecule has 6 heteroatoms. The number of nitrogens with zero attached hydrogens (tertiary/aromatic N) is 2. The van der Waals surface area contributed by atoms with Crippen LogP contribution in [0.4, 0.5) is 5.69 Å². The van der Waals surface area contributed by atoms with E-state index < -0.39 is 0 Å². The average molecular weight is 309 g/mol. The fourth-order valence-electron chi connectivity index (χ4n) is 2.41. The van der Waals surface area contributed by atoms with Crippen molar-refractivity contribution >= 4 is 5.69 Å². The maximum Gasteiger partial charge on any atom is 0.247 e. The molecule has 1 aliphatic heterocycles. The normalized spacial score (nSPS) is 13.8. The van der Waals surface area contributed by atoms with Gasteiger partial charge in [-0.25, -0.2) is 0 Å². The van der Waals surface area contributed by atoms with Crippen LogP contribution < -0.4 is 14.8 Å². The molecule has 0 unspecified atom stereocenters. The lowest BCUT2D eigenvalue weighted by atomic mass is 10.2. The van der Waals surface area contributed by atoms with Crippen molar-refractivity contribution in [2.45, 2.75) is 13.0 Å². The lowest BCUT2D eigenvalue weighted by Gasteiger charge is -2.11. The van der Waals surface area contributed by atoms with Crippen LogP contribution in [0.5, 0.6) is 11.5 Å². The first-order valence-electron chi connectivity index (χ1n) is 7.34. The highest BCUT2D eigenvalue weighted by Crippen LogP contribution is 2.35. The molecule has 4 rings (SSSR count). The molecule has 0 radical (unpaired) electrons. The molecule has 1 aromatic heterocycles. The maximum atomic E-state index is 5.76. The third kappa shape index (κ3) is 2.70. The van der Waals surface area contributed by atoms with Crippen LogP contribution in [0.1, 0.15) is 18.9 Å². The summed E-state index contributed by atoms with van der Waals surface area (Å²) in [6.07, 6.45) is 0. The van der Waals surface area contributed by atoms with E-state index in [-0.39, 0.29) is 12.8 Å². The quantitative estimate of drug-likeness (QED) is 0.793. The topological polar surface area (TPSA) is 69.4 Å². The molecule has 1 aliphatic rings. The van der Waals surface area contributed by atoms with Crippen molar-refractivity contribution in [3.63, 3.8) is 0 Å². The number of benzene rings is 2. The maximum absolute atomic E-state index is 5.76. The number of rotatable bonds is 4. The molecule has 0 saturated heterocycles. The minimum absolute atomic E-state index is 0.125. The first kappa shape index (κ1) is 13.6. The molecular weight excluding hydrogens is 294 g/mol. The Morgan fingerprint density at radius 2 is 1.83 bits per heavy atom.